The van der Waals surface area contributed by atoms with Gasteiger partial charge in [-0.1, -0.05) is 12.1 Å². The molecule has 0 aliphatic rings. The number of nitrogens with zero attached hydrogens (tertiary/aromatic N) is 3. The van der Waals surface area contributed by atoms with Crippen molar-refractivity contribution >= 4 is 29.2 Å². The molecular weight excluding hydrogens is 326 g/mol. The van der Waals surface area contributed by atoms with Gasteiger partial charge in [-0.25, -0.2) is 5.84 Å². The van der Waals surface area contributed by atoms with Gasteiger partial charge in [-0.05, 0) is 74.2 Å². The van der Waals surface area contributed by atoms with Crippen molar-refractivity contribution in [3.8, 4) is 0 Å². The first-order chi connectivity index (χ1) is 12.4. The Bertz CT molecular complexity index is 865. The summed E-state index contributed by atoms with van der Waals surface area (Å²) in [7, 11) is 0. The lowest BCUT2D eigenvalue weighted by Crippen LogP contribution is -2.14. The summed E-state index contributed by atoms with van der Waals surface area (Å²) in [4.78, 5) is 13.0. The van der Waals surface area contributed by atoms with Crippen molar-refractivity contribution in [2.75, 3.05) is 16.1 Å². The van der Waals surface area contributed by atoms with Gasteiger partial charge in [0, 0.05) is 11.4 Å². The molecule has 0 saturated carbocycles. The minimum Gasteiger partial charge on any atom is -0.324 e. The summed E-state index contributed by atoms with van der Waals surface area (Å²) in [5, 5.41) is 6.39. The van der Waals surface area contributed by atoms with Crippen LogP contribution in [0.25, 0.3) is 0 Å². The molecular formula is C19H23N7. The molecule has 1 aromatic heterocycles. The molecule has 1 heterocycles. The summed E-state index contributed by atoms with van der Waals surface area (Å²) in [5.41, 5.74) is 9.12. The molecule has 0 amide bonds. The van der Waals surface area contributed by atoms with Gasteiger partial charge in [0.05, 0.1) is 0 Å². The minimum atomic E-state index is 0.276. The van der Waals surface area contributed by atoms with Gasteiger partial charge in [0.25, 0.3) is 0 Å². The zero-order valence-electron chi connectivity index (χ0n) is 15.4. The average Bonchev–Trinajstić information content (AvgIpc) is 2.61. The molecule has 0 fully saturated rings. The van der Waals surface area contributed by atoms with Crippen molar-refractivity contribution in [1.29, 1.82) is 0 Å². The van der Waals surface area contributed by atoms with E-state index >= 15 is 0 Å². The van der Waals surface area contributed by atoms with Crippen LogP contribution in [0.1, 0.15) is 22.3 Å². The van der Waals surface area contributed by atoms with Gasteiger partial charge in [0.1, 0.15) is 0 Å². The third-order valence-corrected chi connectivity index (χ3v) is 4.29. The van der Waals surface area contributed by atoms with Crippen LogP contribution in [0, 0.1) is 27.7 Å². The van der Waals surface area contributed by atoms with Crippen LogP contribution in [0.4, 0.5) is 29.2 Å². The third kappa shape index (κ3) is 4.07. The van der Waals surface area contributed by atoms with Crippen LogP contribution in [0.5, 0.6) is 0 Å². The molecule has 0 saturated heterocycles. The van der Waals surface area contributed by atoms with Gasteiger partial charge in [-0.3, -0.25) is 5.43 Å². The number of nitrogens with two attached hydrogens (primary N) is 1. The standard InChI is InChI=1S/C19H23N7/c1-11-5-7-15(9-13(11)3)21-17-23-18(25-19(24-17)26-20)22-16-8-6-12(2)14(4)10-16/h5-10H,20H2,1-4H3,(H3,21,22,23,24,25,26). The van der Waals surface area contributed by atoms with E-state index in [4.69, 9.17) is 5.84 Å². The summed E-state index contributed by atoms with van der Waals surface area (Å²) >= 11 is 0. The molecule has 0 aliphatic carbocycles. The lowest BCUT2D eigenvalue weighted by Gasteiger charge is -2.11. The van der Waals surface area contributed by atoms with Crippen LogP contribution in [0.3, 0.4) is 0 Å². The fourth-order valence-corrected chi connectivity index (χ4v) is 2.45. The second-order valence-corrected chi connectivity index (χ2v) is 6.30. The number of hydrazine groups is 1. The van der Waals surface area contributed by atoms with E-state index in [2.05, 4.69) is 70.8 Å². The quantitative estimate of drug-likeness (QED) is 0.409. The molecule has 0 aliphatic heterocycles. The molecule has 26 heavy (non-hydrogen) atoms. The number of nitrogens with one attached hydrogen (secondary N) is 3. The first kappa shape index (κ1) is 17.6. The van der Waals surface area contributed by atoms with E-state index in [-0.39, 0.29) is 5.95 Å². The van der Waals surface area contributed by atoms with E-state index in [1.165, 1.54) is 22.3 Å². The Balaban J connectivity index is 1.88. The van der Waals surface area contributed by atoms with E-state index in [9.17, 15) is 0 Å². The smallest absolute Gasteiger partial charge is 0.243 e. The van der Waals surface area contributed by atoms with Crippen molar-refractivity contribution in [3.63, 3.8) is 0 Å². The molecule has 0 radical (unpaired) electrons. The van der Waals surface area contributed by atoms with E-state index < -0.39 is 0 Å². The van der Waals surface area contributed by atoms with Crippen molar-refractivity contribution in [2.45, 2.75) is 27.7 Å². The van der Waals surface area contributed by atoms with Crippen LogP contribution >= 0.6 is 0 Å². The topological polar surface area (TPSA) is 101 Å². The number of anilines is 5. The number of rotatable bonds is 5. The Morgan fingerprint density at radius 3 is 1.42 bits per heavy atom. The second-order valence-electron chi connectivity index (χ2n) is 6.30. The molecule has 0 spiro atoms. The molecule has 3 rings (SSSR count). The van der Waals surface area contributed by atoms with Crippen LogP contribution in [-0.4, -0.2) is 15.0 Å². The highest BCUT2D eigenvalue weighted by Crippen LogP contribution is 2.21. The molecule has 0 atom stereocenters. The largest absolute Gasteiger partial charge is 0.324 e. The van der Waals surface area contributed by atoms with Crippen LogP contribution in [0.15, 0.2) is 36.4 Å². The summed E-state index contributed by atoms with van der Waals surface area (Å²) in [6, 6.07) is 12.2. The molecule has 0 bridgehead atoms. The van der Waals surface area contributed by atoms with E-state index in [1.54, 1.807) is 0 Å². The number of aromatic nitrogens is 3. The first-order valence-electron chi connectivity index (χ1n) is 8.36. The van der Waals surface area contributed by atoms with Gasteiger partial charge < -0.3 is 10.6 Å². The van der Waals surface area contributed by atoms with Gasteiger partial charge >= 0.3 is 0 Å². The molecule has 7 nitrogen and oxygen atoms in total. The molecule has 2 aromatic carbocycles. The highest BCUT2D eigenvalue weighted by molar-refractivity contribution is 5.60. The Kier molecular flexibility index (Phi) is 4.99. The summed E-state index contributed by atoms with van der Waals surface area (Å²) in [6.07, 6.45) is 0. The first-order valence-corrected chi connectivity index (χ1v) is 8.36. The number of aryl methyl sites for hydroxylation is 4. The van der Waals surface area contributed by atoms with Crippen LogP contribution < -0.4 is 21.9 Å². The Hall–Kier alpha value is -3.19. The lowest BCUT2D eigenvalue weighted by molar-refractivity contribution is 1.04. The van der Waals surface area contributed by atoms with E-state index in [0.29, 0.717) is 11.9 Å². The fraction of sp³-hybridized carbons (Fsp3) is 0.211. The van der Waals surface area contributed by atoms with E-state index in [1.807, 2.05) is 24.3 Å². The molecule has 3 aromatic rings. The highest BCUT2D eigenvalue weighted by Gasteiger charge is 2.08. The van der Waals surface area contributed by atoms with Crippen LogP contribution in [-0.2, 0) is 0 Å². The summed E-state index contributed by atoms with van der Waals surface area (Å²) < 4.78 is 0. The maximum atomic E-state index is 5.50. The number of hydrogen-bond donors (Lipinski definition) is 4. The van der Waals surface area contributed by atoms with Gasteiger partial charge in [0.2, 0.25) is 17.8 Å². The summed E-state index contributed by atoms with van der Waals surface area (Å²) in [5.74, 6) is 6.59. The van der Waals surface area contributed by atoms with Gasteiger partial charge in [0.15, 0.2) is 0 Å². The predicted molar refractivity (Wildman–Crippen MR) is 106 cm³/mol. The lowest BCUT2D eigenvalue weighted by atomic mass is 10.1. The molecule has 5 N–H and O–H groups in total. The monoisotopic (exact) mass is 349 g/mol. The van der Waals surface area contributed by atoms with Crippen LogP contribution in [0.2, 0.25) is 0 Å². The van der Waals surface area contributed by atoms with Crippen molar-refractivity contribution < 1.29 is 0 Å². The fourth-order valence-electron chi connectivity index (χ4n) is 2.45. The van der Waals surface area contributed by atoms with Gasteiger partial charge in [-0.2, -0.15) is 15.0 Å². The number of benzene rings is 2. The third-order valence-electron chi connectivity index (χ3n) is 4.29. The zero-order valence-corrected chi connectivity index (χ0v) is 15.4. The Labute approximate surface area is 153 Å². The van der Waals surface area contributed by atoms with Crippen molar-refractivity contribution in [2.24, 2.45) is 5.84 Å². The normalized spacial score (nSPS) is 10.5. The maximum absolute atomic E-state index is 5.50. The Morgan fingerprint density at radius 2 is 1.04 bits per heavy atom. The second kappa shape index (κ2) is 7.37. The maximum Gasteiger partial charge on any atom is 0.243 e. The SMILES string of the molecule is Cc1ccc(Nc2nc(NN)nc(Nc3ccc(C)c(C)c3)n2)cc1C. The molecule has 0 unspecified atom stereocenters. The van der Waals surface area contributed by atoms with Crippen molar-refractivity contribution in [1.82, 2.24) is 15.0 Å². The van der Waals surface area contributed by atoms with E-state index in [0.717, 1.165) is 11.4 Å². The average molecular weight is 349 g/mol. The molecule has 7 heteroatoms. The summed E-state index contributed by atoms with van der Waals surface area (Å²) in [6.45, 7) is 8.27. The van der Waals surface area contributed by atoms with Gasteiger partial charge in [-0.15, -0.1) is 0 Å². The minimum absolute atomic E-state index is 0.276. The highest BCUT2D eigenvalue weighted by atomic mass is 15.3. The van der Waals surface area contributed by atoms with Crippen molar-refractivity contribution in [3.05, 3.63) is 58.7 Å². The Morgan fingerprint density at radius 1 is 0.615 bits per heavy atom. The zero-order chi connectivity index (χ0) is 18.7. The molecule has 134 valence electrons. The number of nitrogen functional groups attached to an aromatic ring is 1. The predicted octanol–water partition coefficient (Wildman–Crippen LogP) is 3.88. The number of hydrogen-bond acceptors (Lipinski definition) is 7.